The van der Waals surface area contributed by atoms with Crippen LogP contribution in [0.25, 0.3) is 0 Å². The molecule has 0 saturated heterocycles. The van der Waals surface area contributed by atoms with Crippen LogP contribution < -0.4 is 0 Å². The van der Waals surface area contributed by atoms with Gasteiger partial charge in [-0.05, 0) is 0 Å². The Morgan fingerprint density at radius 3 is 2.36 bits per heavy atom. The summed E-state index contributed by atoms with van der Waals surface area (Å²) in [5.74, 6) is 0. The van der Waals surface area contributed by atoms with E-state index in [1.807, 2.05) is 0 Å². The van der Waals surface area contributed by atoms with Crippen molar-refractivity contribution in [2.24, 2.45) is 4.99 Å². The Hall–Kier alpha value is -0.890. The number of aliphatic imine (C=N–C) groups is 1. The number of aromatic nitrogens is 1. The predicted octanol–water partition coefficient (Wildman–Crippen LogP) is 2.36. The molecule has 3 nitrogen and oxygen atoms in total. The normalized spacial score (nSPS) is 8.91. The van der Waals surface area contributed by atoms with Gasteiger partial charge in [-0.2, -0.15) is 4.99 Å². The first-order valence-corrected chi connectivity index (χ1v) is 3.38. The van der Waals surface area contributed by atoms with Crippen molar-refractivity contribution in [3.8, 4) is 0 Å². The standard InChI is InChI=1S/C6H2Cl2N2O/c7-4-1-9-2-5(8)6(4)10-3-11/h1-2H. The summed E-state index contributed by atoms with van der Waals surface area (Å²) in [5, 5.41) is 0.474. The van der Waals surface area contributed by atoms with Gasteiger partial charge in [0.25, 0.3) is 0 Å². The highest BCUT2D eigenvalue weighted by Crippen LogP contribution is 2.30. The minimum atomic E-state index is 0.207. The van der Waals surface area contributed by atoms with Crippen molar-refractivity contribution in [2.45, 2.75) is 0 Å². The van der Waals surface area contributed by atoms with E-state index in [4.69, 9.17) is 23.2 Å². The van der Waals surface area contributed by atoms with Crippen LogP contribution in [0.15, 0.2) is 17.4 Å². The lowest BCUT2D eigenvalue weighted by molar-refractivity contribution is 0.565. The molecule has 0 aliphatic carbocycles. The molecular formula is C6H2Cl2N2O. The highest BCUT2D eigenvalue weighted by atomic mass is 35.5. The van der Waals surface area contributed by atoms with Gasteiger partial charge in [-0.25, -0.2) is 4.79 Å². The molecule has 0 aromatic carbocycles. The molecule has 0 atom stereocenters. The maximum Gasteiger partial charge on any atom is 0.240 e. The monoisotopic (exact) mass is 188 g/mol. The largest absolute Gasteiger partial charge is 0.261 e. The van der Waals surface area contributed by atoms with E-state index >= 15 is 0 Å². The van der Waals surface area contributed by atoms with Gasteiger partial charge in [0, 0.05) is 12.4 Å². The molecule has 0 unspecified atom stereocenters. The number of halogens is 2. The number of rotatable bonds is 1. The van der Waals surface area contributed by atoms with Gasteiger partial charge in [-0.15, -0.1) is 0 Å². The highest BCUT2D eigenvalue weighted by Gasteiger charge is 2.03. The van der Waals surface area contributed by atoms with Crippen LogP contribution >= 0.6 is 23.2 Å². The number of pyridine rings is 1. The van der Waals surface area contributed by atoms with Crippen molar-refractivity contribution in [3.63, 3.8) is 0 Å². The van der Waals surface area contributed by atoms with E-state index in [1.54, 1.807) is 0 Å². The molecule has 5 heteroatoms. The molecule has 1 rings (SSSR count). The Morgan fingerprint density at radius 2 is 1.91 bits per heavy atom. The Bertz CT molecular complexity index is 300. The summed E-state index contributed by atoms with van der Waals surface area (Å²) < 4.78 is 0. The minimum Gasteiger partial charge on any atom is -0.261 e. The molecule has 0 bridgehead atoms. The third-order valence-electron chi connectivity index (χ3n) is 0.986. The summed E-state index contributed by atoms with van der Waals surface area (Å²) in [6.07, 6.45) is 4.05. The van der Waals surface area contributed by atoms with Crippen LogP contribution in [-0.4, -0.2) is 11.1 Å². The van der Waals surface area contributed by atoms with Crippen molar-refractivity contribution in [3.05, 3.63) is 22.4 Å². The summed E-state index contributed by atoms with van der Waals surface area (Å²) in [6, 6.07) is 0. The van der Waals surface area contributed by atoms with E-state index < -0.39 is 0 Å². The van der Waals surface area contributed by atoms with Crippen LogP contribution in [0.4, 0.5) is 5.69 Å². The molecule has 1 aromatic heterocycles. The van der Waals surface area contributed by atoms with Crippen LogP contribution in [-0.2, 0) is 4.79 Å². The number of carbonyl (C=O) groups excluding carboxylic acids is 1. The minimum absolute atomic E-state index is 0.207. The summed E-state index contributed by atoms with van der Waals surface area (Å²) in [5.41, 5.74) is 0.207. The average Bonchev–Trinajstić information content (AvgIpc) is 1.97. The second-order valence-corrected chi connectivity index (χ2v) is 2.47. The van der Waals surface area contributed by atoms with Crippen molar-refractivity contribution in [1.29, 1.82) is 0 Å². The van der Waals surface area contributed by atoms with Gasteiger partial charge in [0.2, 0.25) is 6.08 Å². The Labute approximate surface area is 72.7 Å². The van der Waals surface area contributed by atoms with E-state index in [2.05, 4.69) is 9.98 Å². The molecular weight excluding hydrogens is 187 g/mol. The van der Waals surface area contributed by atoms with E-state index in [0.29, 0.717) is 0 Å². The van der Waals surface area contributed by atoms with E-state index in [-0.39, 0.29) is 15.7 Å². The van der Waals surface area contributed by atoms with Gasteiger partial charge < -0.3 is 0 Å². The number of hydrogen-bond donors (Lipinski definition) is 0. The van der Waals surface area contributed by atoms with Gasteiger partial charge in [0.1, 0.15) is 5.69 Å². The van der Waals surface area contributed by atoms with Crippen molar-refractivity contribution < 1.29 is 4.79 Å². The lowest BCUT2D eigenvalue weighted by Crippen LogP contribution is -1.74. The number of isocyanates is 1. The van der Waals surface area contributed by atoms with Crippen LogP contribution in [0.5, 0.6) is 0 Å². The number of nitrogens with zero attached hydrogens (tertiary/aromatic N) is 2. The third-order valence-corrected chi connectivity index (χ3v) is 1.54. The molecule has 0 aliphatic heterocycles. The maximum atomic E-state index is 9.85. The molecule has 0 aliphatic rings. The molecule has 0 amide bonds. The summed E-state index contributed by atoms with van der Waals surface area (Å²) in [6.45, 7) is 0. The van der Waals surface area contributed by atoms with Gasteiger partial charge in [-0.3, -0.25) is 4.98 Å². The fraction of sp³-hybridized carbons (Fsp3) is 0. The van der Waals surface area contributed by atoms with E-state index in [0.717, 1.165) is 0 Å². The van der Waals surface area contributed by atoms with Crippen LogP contribution in [0, 0.1) is 0 Å². The summed E-state index contributed by atoms with van der Waals surface area (Å²) in [4.78, 5) is 16.8. The second-order valence-electron chi connectivity index (χ2n) is 1.65. The van der Waals surface area contributed by atoms with Crippen LogP contribution in [0.2, 0.25) is 10.0 Å². The van der Waals surface area contributed by atoms with Crippen molar-refractivity contribution >= 4 is 35.0 Å². The Kier molecular flexibility index (Phi) is 2.60. The molecule has 0 N–H and O–H groups in total. The Balaban J connectivity index is 3.31. The van der Waals surface area contributed by atoms with Crippen LogP contribution in [0.1, 0.15) is 0 Å². The number of hydrogen-bond acceptors (Lipinski definition) is 3. The zero-order valence-electron chi connectivity index (χ0n) is 5.21. The SMILES string of the molecule is O=C=Nc1c(Cl)cncc1Cl. The smallest absolute Gasteiger partial charge is 0.240 e. The predicted molar refractivity (Wildman–Crippen MR) is 42.0 cm³/mol. The van der Waals surface area contributed by atoms with Crippen molar-refractivity contribution in [1.82, 2.24) is 4.98 Å². The molecule has 56 valence electrons. The van der Waals surface area contributed by atoms with Crippen molar-refractivity contribution in [2.75, 3.05) is 0 Å². The second kappa shape index (κ2) is 3.49. The molecule has 1 aromatic rings. The zero-order chi connectivity index (χ0) is 8.27. The molecule has 0 fully saturated rings. The lowest BCUT2D eigenvalue weighted by atomic mass is 10.4. The van der Waals surface area contributed by atoms with Gasteiger partial charge in [0.05, 0.1) is 10.0 Å². The maximum absolute atomic E-state index is 9.85. The molecule has 0 spiro atoms. The third kappa shape index (κ3) is 1.77. The molecule has 0 saturated carbocycles. The summed E-state index contributed by atoms with van der Waals surface area (Å²) in [7, 11) is 0. The summed E-state index contributed by atoms with van der Waals surface area (Å²) >= 11 is 11.2. The molecule has 11 heavy (non-hydrogen) atoms. The Morgan fingerprint density at radius 1 is 1.36 bits per heavy atom. The lowest BCUT2D eigenvalue weighted by Gasteiger charge is -1.95. The van der Waals surface area contributed by atoms with Gasteiger partial charge in [-0.1, -0.05) is 23.2 Å². The fourth-order valence-electron chi connectivity index (χ4n) is 0.557. The molecule has 0 radical (unpaired) electrons. The first kappa shape index (κ1) is 8.21. The van der Waals surface area contributed by atoms with Gasteiger partial charge in [0.15, 0.2) is 0 Å². The molecule has 1 heterocycles. The highest BCUT2D eigenvalue weighted by molar-refractivity contribution is 6.38. The quantitative estimate of drug-likeness (QED) is 0.502. The topological polar surface area (TPSA) is 42.3 Å². The average molecular weight is 189 g/mol. The zero-order valence-corrected chi connectivity index (χ0v) is 6.73. The first-order chi connectivity index (χ1) is 5.25. The fourth-order valence-corrected chi connectivity index (χ4v) is 1.01. The van der Waals surface area contributed by atoms with E-state index in [9.17, 15) is 4.79 Å². The van der Waals surface area contributed by atoms with E-state index in [1.165, 1.54) is 18.5 Å². The van der Waals surface area contributed by atoms with Crippen LogP contribution in [0.3, 0.4) is 0 Å². The van der Waals surface area contributed by atoms with Gasteiger partial charge >= 0.3 is 0 Å². The first-order valence-electron chi connectivity index (χ1n) is 2.62.